The molecule has 2 nitrogen and oxygen atoms in total. The summed E-state index contributed by atoms with van der Waals surface area (Å²) < 4.78 is 11.3. The van der Waals surface area contributed by atoms with E-state index < -0.39 is 10.8 Å². The average molecular weight is 271 g/mol. The van der Waals surface area contributed by atoms with E-state index in [2.05, 4.69) is 29.8 Å². The highest BCUT2D eigenvalue weighted by atomic mass is 32.2. The minimum absolute atomic E-state index is 0.497. The Morgan fingerprint density at radius 3 is 2.88 bits per heavy atom. The average Bonchev–Trinajstić information content (AvgIpc) is 2.85. The molecule has 0 radical (unpaired) electrons. The maximum atomic E-state index is 11.3. The molecule has 0 aromatic carbocycles. The second kappa shape index (κ2) is 6.66. The number of thiophene rings is 1. The Hall–Kier alpha value is -0.190. The van der Waals surface area contributed by atoms with Crippen LogP contribution in [0.5, 0.6) is 0 Å². The molecular weight excluding hydrogens is 250 g/mol. The summed E-state index contributed by atoms with van der Waals surface area (Å²) in [6.07, 6.45) is 4.53. The van der Waals surface area contributed by atoms with Crippen LogP contribution >= 0.6 is 11.3 Å². The van der Waals surface area contributed by atoms with Gasteiger partial charge in [-0.2, -0.15) is 0 Å². The van der Waals surface area contributed by atoms with Crippen molar-refractivity contribution in [1.29, 1.82) is 0 Å². The second-order valence-corrected chi connectivity index (χ2v) is 7.32. The quantitative estimate of drug-likeness (QED) is 0.891. The van der Waals surface area contributed by atoms with Crippen LogP contribution in [0.1, 0.15) is 43.5 Å². The van der Waals surface area contributed by atoms with Crippen molar-refractivity contribution in [2.75, 3.05) is 11.5 Å². The van der Waals surface area contributed by atoms with Crippen LogP contribution in [0.15, 0.2) is 17.5 Å². The van der Waals surface area contributed by atoms with Crippen LogP contribution in [-0.2, 0) is 10.8 Å². The van der Waals surface area contributed by atoms with Gasteiger partial charge in [-0.1, -0.05) is 19.4 Å². The zero-order valence-electron chi connectivity index (χ0n) is 10.4. The van der Waals surface area contributed by atoms with E-state index in [1.807, 2.05) is 11.3 Å². The minimum atomic E-state index is -0.554. The zero-order valence-corrected chi connectivity index (χ0v) is 12.0. The zero-order chi connectivity index (χ0) is 12.1. The van der Waals surface area contributed by atoms with E-state index in [0.717, 1.165) is 24.3 Å². The number of nitrogens with one attached hydrogen (secondary N) is 1. The van der Waals surface area contributed by atoms with E-state index in [-0.39, 0.29) is 0 Å². The molecular formula is C13H21NOS2. The van der Waals surface area contributed by atoms with Crippen molar-refractivity contribution in [3.8, 4) is 0 Å². The van der Waals surface area contributed by atoms with E-state index in [4.69, 9.17) is 0 Å². The monoisotopic (exact) mass is 271 g/mol. The van der Waals surface area contributed by atoms with E-state index in [1.54, 1.807) is 0 Å². The molecule has 17 heavy (non-hydrogen) atoms. The maximum Gasteiger partial charge on any atom is 0.0416 e. The molecule has 1 atom stereocenters. The lowest BCUT2D eigenvalue weighted by molar-refractivity contribution is 0.396. The molecule has 1 aromatic heterocycles. The molecule has 1 aliphatic heterocycles. The van der Waals surface area contributed by atoms with Crippen LogP contribution in [0.25, 0.3) is 0 Å². The number of hydrogen-bond donors (Lipinski definition) is 1. The second-order valence-electron chi connectivity index (χ2n) is 4.65. The van der Waals surface area contributed by atoms with E-state index in [9.17, 15) is 4.21 Å². The van der Waals surface area contributed by atoms with Gasteiger partial charge in [-0.3, -0.25) is 4.21 Å². The van der Waals surface area contributed by atoms with Gasteiger partial charge in [0.1, 0.15) is 0 Å². The largest absolute Gasteiger partial charge is 0.306 e. The standard InChI is InChI=1S/C13H21NOS2/c1-2-4-12(13-5-3-8-16-13)14-11-6-9-17(15)10-7-11/h3,5,8,11-12,14H,2,4,6-7,9-10H2,1H3. The summed E-state index contributed by atoms with van der Waals surface area (Å²) in [6, 6.07) is 5.40. The van der Waals surface area contributed by atoms with Gasteiger partial charge in [0.05, 0.1) is 0 Å². The Morgan fingerprint density at radius 2 is 2.29 bits per heavy atom. The molecule has 1 fully saturated rings. The summed E-state index contributed by atoms with van der Waals surface area (Å²) in [4.78, 5) is 1.44. The highest BCUT2D eigenvalue weighted by molar-refractivity contribution is 7.85. The van der Waals surface area contributed by atoms with Crippen LogP contribution in [-0.4, -0.2) is 21.8 Å². The topological polar surface area (TPSA) is 29.1 Å². The fourth-order valence-corrected chi connectivity index (χ4v) is 4.45. The Bertz CT molecular complexity index is 340. The van der Waals surface area contributed by atoms with Gasteiger partial charge < -0.3 is 5.32 Å². The summed E-state index contributed by atoms with van der Waals surface area (Å²) in [5.41, 5.74) is 0. The van der Waals surface area contributed by atoms with Gasteiger partial charge in [0.2, 0.25) is 0 Å². The summed E-state index contributed by atoms with van der Waals surface area (Å²) in [6.45, 7) is 2.23. The van der Waals surface area contributed by atoms with Crippen LogP contribution in [0.3, 0.4) is 0 Å². The van der Waals surface area contributed by atoms with Crippen molar-refractivity contribution in [3.63, 3.8) is 0 Å². The van der Waals surface area contributed by atoms with E-state index >= 15 is 0 Å². The fraction of sp³-hybridized carbons (Fsp3) is 0.692. The first kappa shape index (κ1) is 13.2. The third-order valence-corrected chi connectivity index (χ3v) is 5.66. The summed E-state index contributed by atoms with van der Waals surface area (Å²) >= 11 is 1.84. The SMILES string of the molecule is CCCC(NC1CCS(=O)CC1)c1cccs1. The molecule has 4 heteroatoms. The van der Waals surface area contributed by atoms with E-state index in [0.29, 0.717) is 12.1 Å². The molecule has 0 aliphatic carbocycles. The highest BCUT2D eigenvalue weighted by Crippen LogP contribution is 2.25. The van der Waals surface area contributed by atoms with Gasteiger partial charge in [-0.05, 0) is 30.7 Å². The molecule has 96 valence electrons. The predicted octanol–water partition coefficient (Wildman–Crippen LogP) is 3.09. The third kappa shape index (κ3) is 3.90. The molecule has 0 saturated carbocycles. The van der Waals surface area contributed by atoms with Crippen LogP contribution in [0, 0.1) is 0 Å². The molecule has 1 saturated heterocycles. The minimum Gasteiger partial charge on any atom is -0.306 e. The number of rotatable bonds is 5. The Balaban J connectivity index is 1.91. The van der Waals surface area contributed by atoms with Gasteiger partial charge in [0.15, 0.2) is 0 Å². The fourth-order valence-electron chi connectivity index (χ4n) is 2.33. The van der Waals surface area contributed by atoms with Gasteiger partial charge in [-0.15, -0.1) is 11.3 Å². The third-order valence-electron chi connectivity index (χ3n) is 3.29. The Labute approximate surface area is 110 Å². The molecule has 0 bridgehead atoms. The van der Waals surface area contributed by atoms with Crippen molar-refractivity contribution in [2.24, 2.45) is 0 Å². The molecule has 2 rings (SSSR count). The van der Waals surface area contributed by atoms with Crippen molar-refractivity contribution in [1.82, 2.24) is 5.32 Å². The summed E-state index contributed by atoms with van der Waals surface area (Å²) in [5, 5.41) is 5.90. The van der Waals surface area contributed by atoms with Gasteiger partial charge in [-0.25, -0.2) is 0 Å². The highest BCUT2D eigenvalue weighted by Gasteiger charge is 2.21. The first-order valence-corrected chi connectivity index (χ1v) is 8.80. The smallest absolute Gasteiger partial charge is 0.0416 e. The van der Waals surface area contributed by atoms with Crippen molar-refractivity contribution in [2.45, 2.75) is 44.7 Å². The molecule has 1 aromatic rings. The molecule has 1 aliphatic rings. The molecule has 0 spiro atoms. The van der Waals surface area contributed by atoms with Gasteiger partial charge in [0, 0.05) is 39.3 Å². The summed E-state index contributed by atoms with van der Waals surface area (Å²) in [5.74, 6) is 1.75. The lowest BCUT2D eigenvalue weighted by atomic mass is 10.1. The predicted molar refractivity (Wildman–Crippen MR) is 76.0 cm³/mol. The maximum absolute atomic E-state index is 11.3. The lowest BCUT2D eigenvalue weighted by Crippen LogP contribution is -2.37. The van der Waals surface area contributed by atoms with Crippen LogP contribution in [0.4, 0.5) is 0 Å². The van der Waals surface area contributed by atoms with Gasteiger partial charge >= 0.3 is 0 Å². The molecule has 2 heterocycles. The van der Waals surface area contributed by atoms with E-state index in [1.165, 1.54) is 17.7 Å². The van der Waals surface area contributed by atoms with Crippen LogP contribution in [0.2, 0.25) is 0 Å². The number of hydrogen-bond acceptors (Lipinski definition) is 3. The molecule has 1 N–H and O–H groups in total. The Kier molecular flexibility index (Phi) is 5.19. The van der Waals surface area contributed by atoms with Crippen LogP contribution < -0.4 is 5.32 Å². The van der Waals surface area contributed by atoms with Crippen molar-refractivity contribution < 1.29 is 4.21 Å². The first-order chi connectivity index (χ1) is 8.29. The molecule has 1 unspecified atom stereocenters. The van der Waals surface area contributed by atoms with Gasteiger partial charge in [0.25, 0.3) is 0 Å². The molecule has 0 amide bonds. The van der Waals surface area contributed by atoms with Crippen molar-refractivity contribution >= 4 is 22.1 Å². The lowest BCUT2D eigenvalue weighted by Gasteiger charge is -2.27. The van der Waals surface area contributed by atoms with Crippen molar-refractivity contribution in [3.05, 3.63) is 22.4 Å². The Morgan fingerprint density at radius 1 is 1.53 bits per heavy atom. The summed E-state index contributed by atoms with van der Waals surface area (Å²) in [7, 11) is -0.554. The normalized spacial score (nSPS) is 26.9. The first-order valence-electron chi connectivity index (χ1n) is 6.44.